The highest BCUT2D eigenvalue weighted by atomic mass is 32.2. The molecule has 0 radical (unpaired) electrons. The van der Waals surface area contributed by atoms with Gasteiger partial charge in [0.2, 0.25) is 0 Å². The third-order valence-corrected chi connectivity index (χ3v) is 8.34. The Morgan fingerprint density at radius 3 is 1.74 bits per heavy atom. The third kappa shape index (κ3) is 7.53. The molecule has 43 heavy (non-hydrogen) atoms. The van der Waals surface area contributed by atoms with Crippen LogP contribution in [0, 0.1) is 11.6 Å². The van der Waals surface area contributed by atoms with Crippen LogP contribution in [0.4, 0.5) is 46.5 Å². The number of anilines is 2. The molecule has 4 aromatic rings. The first kappa shape index (κ1) is 31.6. The Labute approximate surface area is 238 Å². The molecule has 0 unspecified atom stereocenters. The lowest BCUT2D eigenvalue weighted by Crippen LogP contribution is -2.19. The van der Waals surface area contributed by atoms with E-state index in [-0.39, 0.29) is 5.56 Å². The molecule has 0 fully saturated rings. The molecule has 228 valence electrons. The molecule has 0 saturated heterocycles. The molecule has 0 spiro atoms. The lowest BCUT2D eigenvalue weighted by molar-refractivity contribution is -0.274. The summed E-state index contributed by atoms with van der Waals surface area (Å²) in [7, 11) is -9.53. The van der Waals surface area contributed by atoms with Crippen molar-refractivity contribution in [1.82, 2.24) is 0 Å². The molecular weight excluding hydrogens is 636 g/mol. The van der Waals surface area contributed by atoms with Gasteiger partial charge in [-0.3, -0.25) is 9.44 Å². The van der Waals surface area contributed by atoms with Crippen molar-refractivity contribution < 1.29 is 56.7 Å². The highest BCUT2D eigenvalue weighted by molar-refractivity contribution is 7.93. The van der Waals surface area contributed by atoms with Crippen LogP contribution >= 0.6 is 0 Å². The number of rotatable bonds is 8. The van der Waals surface area contributed by atoms with E-state index in [1.54, 1.807) is 0 Å². The monoisotopic (exact) mass is 652 g/mol. The summed E-state index contributed by atoms with van der Waals surface area (Å²) in [6.07, 6.45) is -9.95. The number of hydrogen-bond acceptors (Lipinski definition) is 5. The van der Waals surface area contributed by atoms with Gasteiger partial charge in [-0.2, -0.15) is 13.2 Å². The predicted molar refractivity (Wildman–Crippen MR) is 138 cm³/mol. The number of benzene rings is 4. The zero-order valence-electron chi connectivity index (χ0n) is 21.0. The molecule has 4 rings (SSSR count). The molecule has 0 aliphatic carbocycles. The van der Waals surface area contributed by atoms with E-state index in [1.807, 2.05) is 9.44 Å². The molecular formula is C26H16F8N2O5S2. The van der Waals surface area contributed by atoms with Crippen molar-refractivity contribution in [3.63, 3.8) is 0 Å². The second-order valence-corrected chi connectivity index (χ2v) is 12.0. The van der Waals surface area contributed by atoms with Crippen LogP contribution in [-0.4, -0.2) is 23.2 Å². The van der Waals surface area contributed by atoms with Gasteiger partial charge in [0.25, 0.3) is 20.0 Å². The molecule has 7 nitrogen and oxygen atoms in total. The van der Waals surface area contributed by atoms with E-state index in [0.29, 0.717) is 24.3 Å². The second kappa shape index (κ2) is 11.4. The Morgan fingerprint density at radius 1 is 0.605 bits per heavy atom. The first-order valence-electron chi connectivity index (χ1n) is 11.5. The first-order chi connectivity index (χ1) is 19.9. The molecule has 0 heterocycles. The van der Waals surface area contributed by atoms with Crippen molar-refractivity contribution in [1.29, 1.82) is 0 Å². The van der Waals surface area contributed by atoms with E-state index >= 15 is 0 Å². The fourth-order valence-electron chi connectivity index (χ4n) is 3.71. The van der Waals surface area contributed by atoms with Crippen LogP contribution in [0.15, 0.2) is 94.7 Å². The maximum atomic E-state index is 14.5. The molecule has 0 atom stereocenters. The van der Waals surface area contributed by atoms with Gasteiger partial charge in [0, 0.05) is 0 Å². The molecule has 4 aromatic carbocycles. The summed E-state index contributed by atoms with van der Waals surface area (Å²) >= 11 is 0. The van der Waals surface area contributed by atoms with Gasteiger partial charge in [0.15, 0.2) is 0 Å². The molecule has 0 bridgehead atoms. The number of ether oxygens (including phenoxy) is 1. The minimum atomic E-state index is -5.06. The van der Waals surface area contributed by atoms with E-state index < -0.39 is 82.3 Å². The van der Waals surface area contributed by atoms with Crippen molar-refractivity contribution in [3.05, 3.63) is 102 Å². The summed E-state index contributed by atoms with van der Waals surface area (Å²) in [5.74, 6) is -2.88. The van der Waals surface area contributed by atoms with Crippen molar-refractivity contribution in [2.45, 2.75) is 22.3 Å². The topological polar surface area (TPSA) is 102 Å². The zero-order valence-corrected chi connectivity index (χ0v) is 22.6. The van der Waals surface area contributed by atoms with Crippen molar-refractivity contribution >= 4 is 31.4 Å². The number of alkyl halides is 6. The molecule has 0 amide bonds. The normalized spacial score (nSPS) is 12.6. The third-order valence-electron chi connectivity index (χ3n) is 5.60. The average Bonchev–Trinajstić information content (AvgIpc) is 2.89. The first-order valence-corrected chi connectivity index (χ1v) is 14.5. The molecule has 17 heteroatoms. The van der Waals surface area contributed by atoms with Gasteiger partial charge in [-0.1, -0.05) is 18.2 Å². The van der Waals surface area contributed by atoms with E-state index in [2.05, 4.69) is 4.74 Å². The molecule has 0 aliphatic heterocycles. The minimum Gasteiger partial charge on any atom is -0.406 e. The standard InChI is InChI=1S/C26H16F8N2O5S2/c27-20-5-2-6-21(28)24(20)15-7-12-22(35-43(39,40)19-4-1-3-16(14-19)25(29,30)31)23(13-15)36-42(37,38)18-10-8-17(9-11-18)41-26(32,33)34/h1-14,35-36H. The average molecular weight is 653 g/mol. The zero-order chi connectivity index (χ0) is 31.8. The summed E-state index contributed by atoms with van der Waals surface area (Å²) in [6.45, 7) is 0. The van der Waals surface area contributed by atoms with Gasteiger partial charge in [0.05, 0.1) is 32.3 Å². The van der Waals surface area contributed by atoms with Gasteiger partial charge in [-0.15, -0.1) is 13.2 Å². The molecule has 2 N–H and O–H groups in total. The Hall–Kier alpha value is -4.38. The van der Waals surface area contributed by atoms with Crippen molar-refractivity contribution in [2.24, 2.45) is 0 Å². The summed E-state index contributed by atoms with van der Waals surface area (Å²) in [6, 6.07) is 11.1. The summed E-state index contributed by atoms with van der Waals surface area (Å²) in [5, 5.41) is 0. The van der Waals surface area contributed by atoms with Crippen LogP contribution in [0.2, 0.25) is 0 Å². The molecule has 0 saturated carbocycles. The van der Waals surface area contributed by atoms with E-state index in [0.717, 1.165) is 60.7 Å². The summed E-state index contributed by atoms with van der Waals surface area (Å²) < 4.78 is 166. The quantitative estimate of drug-likeness (QED) is 0.197. The Kier molecular flexibility index (Phi) is 8.34. The maximum absolute atomic E-state index is 14.5. The fourth-order valence-corrected chi connectivity index (χ4v) is 5.91. The molecule has 0 aromatic heterocycles. The van der Waals surface area contributed by atoms with E-state index in [1.165, 1.54) is 0 Å². The number of nitrogens with one attached hydrogen (secondary N) is 2. The number of halogens is 8. The summed E-state index contributed by atoms with van der Waals surface area (Å²) in [5.41, 5.74) is -3.39. The predicted octanol–water partition coefficient (Wildman–Crippen LogP) is 7.15. The lowest BCUT2D eigenvalue weighted by atomic mass is 10.0. The lowest BCUT2D eigenvalue weighted by Gasteiger charge is -2.17. The van der Waals surface area contributed by atoms with Gasteiger partial charge in [-0.25, -0.2) is 25.6 Å². The van der Waals surface area contributed by atoms with E-state index in [4.69, 9.17) is 0 Å². The van der Waals surface area contributed by atoms with Crippen LogP contribution in [0.3, 0.4) is 0 Å². The van der Waals surface area contributed by atoms with Crippen molar-refractivity contribution in [2.75, 3.05) is 9.44 Å². The maximum Gasteiger partial charge on any atom is 0.573 e. The number of hydrogen-bond donors (Lipinski definition) is 2. The smallest absolute Gasteiger partial charge is 0.406 e. The SMILES string of the molecule is O=S(=O)(Nc1ccc(-c2c(F)cccc2F)cc1NS(=O)(=O)c1ccc(OC(F)(F)F)cc1)c1cccc(C(F)(F)F)c1. The van der Waals surface area contributed by atoms with Gasteiger partial charge in [0.1, 0.15) is 17.4 Å². The minimum absolute atomic E-state index is 0.274. The highest BCUT2D eigenvalue weighted by Crippen LogP contribution is 2.36. The summed E-state index contributed by atoms with van der Waals surface area (Å²) in [4.78, 5) is -1.48. The second-order valence-electron chi connectivity index (χ2n) is 8.61. The van der Waals surface area contributed by atoms with Gasteiger partial charge in [-0.05, 0) is 72.3 Å². The Balaban J connectivity index is 1.78. The number of sulfonamides is 2. The molecule has 0 aliphatic rings. The van der Waals surface area contributed by atoms with Crippen LogP contribution in [0.5, 0.6) is 5.75 Å². The Morgan fingerprint density at radius 2 is 1.16 bits per heavy atom. The fraction of sp³-hybridized carbons (Fsp3) is 0.0769. The van der Waals surface area contributed by atoms with Crippen LogP contribution in [0.25, 0.3) is 11.1 Å². The van der Waals surface area contributed by atoms with Gasteiger partial charge >= 0.3 is 12.5 Å². The Bertz CT molecular complexity index is 1860. The van der Waals surface area contributed by atoms with Gasteiger partial charge < -0.3 is 4.74 Å². The van der Waals surface area contributed by atoms with Crippen molar-refractivity contribution in [3.8, 4) is 16.9 Å². The van der Waals surface area contributed by atoms with Crippen LogP contribution < -0.4 is 14.2 Å². The van der Waals surface area contributed by atoms with Crippen LogP contribution in [-0.2, 0) is 26.2 Å². The van der Waals surface area contributed by atoms with E-state index in [9.17, 15) is 52.0 Å². The largest absolute Gasteiger partial charge is 0.573 e. The van der Waals surface area contributed by atoms with Crippen LogP contribution in [0.1, 0.15) is 5.56 Å². The highest BCUT2D eigenvalue weighted by Gasteiger charge is 2.33.